The monoisotopic (exact) mass is 153 g/mol. The Hall–Kier alpha value is -0.340. The van der Waals surface area contributed by atoms with E-state index in [2.05, 4.69) is 17.9 Å². The summed E-state index contributed by atoms with van der Waals surface area (Å²) in [7, 11) is 0. The zero-order valence-corrected chi connectivity index (χ0v) is 7.01. The highest BCUT2D eigenvalue weighted by atomic mass is 16.3. The molecule has 0 bridgehead atoms. The third-order valence-electron chi connectivity index (χ3n) is 2.90. The predicted octanol–water partition coefficient (Wildman–Crippen LogP) is 0.773. The molecule has 0 saturated carbocycles. The van der Waals surface area contributed by atoms with Gasteiger partial charge in [0.2, 0.25) is 0 Å². The summed E-state index contributed by atoms with van der Waals surface area (Å²) in [6, 6.07) is 0. The van der Waals surface area contributed by atoms with E-state index in [4.69, 9.17) is 0 Å². The predicted molar refractivity (Wildman–Crippen MR) is 44.4 cm³/mol. The van der Waals surface area contributed by atoms with Crippen LogP contribution in [0.3, 0.4) is 0 Å². The molecule has 0 aliphatic carbocycles. The minimum Gasteiger partial charge on any atom is -0.394 e. The number of fused-ring (bicyclic) bond motifs is 1. The van der Waals surface area contributed by atoms with Crippen molar-refractivity contribution in [3.05, 3.63) is 11.6 Å². The highest BCUT2D eigenvalue weighted by Crippen LogP contribution is 2.36. The van der Waals surface area contributed by atoms with Crippen LogP contribution in [-0.2, 0) is 0 Å². The van der Waals surface area contributed by atoms with Gasteiger partial charge in [0.05, 0.1) is 12.1 Å². The summed E-state index contributed by atoms with van der Waals surface area (Å²) in [4.78, 5) is 2.39. The summed E-state index contributed by atoms with van der Waals surface area (Å²) in [6.07, 6.45) is 4.63. The largest absolute Gasteiger partial charge is 0.394 e. The van der Waals surface area contributed by atoms with Crippen molar-refractivity contribution in [1.82, 2.24) is 4.90 Å². The molecular formula is C9H15NO. The molecule has 1 atom stereocenters. The molecule has 0 amide bonds. The standard InChI is InChI=1S/C9H15NO/c1-8-5-9(7-11)3-2-4-10(9)6-8/h5,11H,2-4,6-7H2,1H3. The summed E-state index contributed by atoms with van der Waals surface area (Å²) >= 11 is 0. The van der Waals surface area contributed by atoms with Crippen LogP contribution < -0.4 is 0 Å². The number of hydrogen-bond donors (Lipinski definition) is 1. The minimum atomic E-state index is 0.0457. The first-order chi connectivity index (χ1) is 5.27. The van der Waals surface area contributed by atoms with Crippen molar-refractivity contribution in [3.63, 3.8) is 0 Å². The van der Waals surface area contributed by atoms with Gasteiger partial charge in [0.25, 0.3) is 0 Å². The van der Waals surface area contributed by atoms with Crippen molar-refractivity contribution in [2.45, 2.75) is 25.3 Å². The lowest BCUT2D eigenvalue weighted by Crippen LogP contribution is -2.41. The van der Waals surface area contributed by atoms with Crippen LogP contribution in [0.1, 0.15) is 19.8 Å². The molecule has 0 aromatic carbocycles. The highest BCUT2D eigenvalue weighted by Gasteiger charge is 2.41. The van der Waals surface area contributed by atoms with Crippen LogP contribution >= 0.6 is 0 Å². The lowest BCUT2D eigenvalue weighted by atomic mass is 9.98. The summed E-state index contributed by atoms with van der Waals surface area (Å²) in [5, 5.41) is 9.26. The molecule has 0 aromatic rings. The Morgan fingerprint density at radius 3 is 3.18 bits per heavy atom. The van der Waals surface area contributed by atoms with Crippen LogP contribution in [0.4, 0.5) is 0 Å². The van der Waals surface area contributed by atoms with E-state index in [1.165, 1.54) is 12.0 Å². The van der Waals surface area contributed by atoms with E-state index in [-0.39, 0.29) is 5.54 Å². The maximum Gasteiger partial charge on any atom is 0.0651 e. The minimum absolute atomic E-state index is 0.0457. The fourth-order valence-electron chi connectivity index (χ4n) is 2.39. The van der Waals surface area contributed by atoms with E-state index in [1.54, 1.807) is 0 Å². The average molecular weight is 153 g/mol. The molecule has 0 spiro atoms. The van der Waals surface area contributed by atoms with E-state index in [1.807, 2.05) is 0 Å². The molecule has 62 valence electrons. The molecule has 2 aliphatic heterocycles. The Kier molecular flexibility index (Phi) is 1.55. The van der Waals surface area contributed by atoms with Crippen molar-refractivity contribution in [2.75, 3.05) is 19.7 Å². The summed E-state index contributed by atoms with van der Waals surface area (Å²) in [5.41, 5.74) is 1.46. The maximum absolute atomic E-state index is 9.26. The van der Waals surface area contributed by atoms with Gasteiger partial charge in [-0.1, -0.05) is 11.6 Å². The van der Waals surface area contributed by atoms with Crippen LogP contribution in [-0.4, -0.2) is 35.2 Å². The highest BCUT2D eigenvalue weighted by molar-refractivity contribution is 5.24. The smallest absolute Gasteiger partial charge is 0.0651 e. The van der Waals surface area contributed by atoms with Crippen LogP contribution in [0.25, 0.3) is 0 Å². The molecule has 2 heterocycles. The van der Waals surface area contributed by atoms with E-state index in [0.29, 0.717) is 6.61 Å². The fourth-order valence-corrected chi connectivity index (χ4v) is 2.39. The molecule has 2 nitrogen and oxygen atoms in total. The number of hydrogen-bond acceptors (Lipinski definition) is 2. The van der Waals surface area contributed by atoms with E-state index in [0.717, 1.165) is 19.5 Å². The molecule has 1 saturated heterocycles. The third kappa shape index (κ3) is 0.932. The van der Waals surface area contributed by atoms with Gasteiger partial charge >= 0.3 is 0 Å². The Labute approximate surface area is 67.5 Å². The summed E-state index contributed by atoms with van der Waals surface area (Å²) in [5.74, 6) is 0. The number of nitrogens with zero attached hydrogens (tertiary/aromatic N) is 1. The lowest BCUT2D eigenvalue weighted by Gasteiger charge is -2.28. The van der Waals surface area contributed by atoms with Crippen molar-refractivity contribution in [3.8, 4) is 0 Å². The number of aliphatic hydroxyl groups excluding tert-OH is 1. The molecule has 2 rings (SSSR count). The Balaban J connectivity index is 2.26. The van der Waals surface area contributed by atoms with Crippen molar-refractivity contribution >= 4 is 0 Å². The second-order valence-corrected chi connectivity index (χ2v) is 3.78. The normalized spacial score (nSPS) is 37.5. The summed E-state index contributed by atoms with van der Waals surface area (Å²) in [6.45, 7) is 4.68. The van der Waals surface area contributed by atoms with Gasteiger partial charge in [-0.15, -0.1) is 0 Å². The van der Waals surface area contributed by atoms with Gasteiger partial charge in [0.15, 0.2) is 0 Å². The molecule has 2 heteroatoms. The first kappa shape index (κ1) is 7.32. The van der Waals surface area contributed by atoms with Gasteiger partial charge in [0, 0.05) is 6.54 Å². The SMILES string of the molecule is CC1=CC2(CO)CCCN2C1. The maximum atomic E-state index is 9.26. The van der Waals surface area contributed by atoms with Gasteiger partial charge in [-0.25, -0.2) is 0 Å². The van der Waals surface area contributed by atoms with Crippen LogP contribution in [0.2, 0.25) is 0 Å². The Bertz CT molecular complexity index is 200. The third-order valence-corrected chi connectivity index (χ3v) is 2.90. The summed E-state index contributed by atoms with van der Waals surface area (Å²) < 4.78 is 0. The topological polar surface area (TPSA) is 23.5 Å². The molecule has 0 aromatic heterocycles. The van der Waals surface area contributed by atoms with Crippen LogP contribution in [0.5, 0.6) is 0 Å². The molecule has 0 radical (unpaired) electrons. The molecule has 1 N–H and O–H groups in total. The second kappa shape index (κ2) is 2.32. The van der Waals surface area contributed by atoms with Crippen molar-refractivity contribution in [1.29, 1.82) is 0 Å². The van der Waals surface area contributed by atoms with E-state index >= 15 is 0 Å². The Morgan fingerprint density at radius 2 is 2.55 bits per heavy atom. The van der Waals surface area contributed by atoms with Crippen molar-refractivity contribution in [2.24, 2.45) is 0 Å². The quantitative estimate of drug-likeness (QED) is 0.562. The first-order valence-corrected chi connectivity index (χ1v) is 4.31. The van der Waals surface area contributed by atoms with Gasteiger partial charge in [-0.2, -0.15) is 0 Å². The number of rotatable bonds is 1. The van der Waals surface area contributed by atoms with E-state index < -0.39 is 0 Å². The average Bonchev–Trinajstić information content (AvgIpc) is 2.43. The lowest BCUT2D eigenvalue weighted by molar-refractivity contribution is 0.124. The zero-order valence-electron chi connectivity index (χ0n) is 7.01. The molecular weight excluding hydrogens is 138 g/mol. The van der Waals surface area contributed by atoms with Gasteiger partial charge < -0.3 is 5.11 Å². The first-order valence-electron chi connectivity index (χ1n) is 4.31. The number of aliphatic hydroxyl groups is 1. The molecule has 2 aliphatic rings. The van der Waals surface area contributed by atoms with Crippen LogP contribution in [0, 0.1) is 0 Å². The Morgan fingerprint density at radius 1 is 1.73 bits per heavy atom. The molecule has 11 heavy (non-hydrogen) atoms. The second-order valence-electron chi connectivity index (χ2n) is 3.78. The fraction of sp³-hybridized carbons (Fsp3) is 0.778. The van der Waals surface area contributed by atoms with Crippen molar-refractivity contribution < 1.29 is 5.11 Å². The molecule has 1 unspecified atom stereocenters. The molecule has 1 fully saturated rings. The van der Waals surface area contributed by atoms with Gasteiger partial charge in [-0.05, 0) is 26.3 Å². The van der Waals surface area contributed by atoms with E-state index in [9.17, 15) is 5.11 Å². The zero-order chi connectivity index (χ0) is 7.90. The van der Waals surface area contributed by atoms with Gasteiger partial charge in [0.1, 0.15) is 0 Å². The van der Waals surface area contributed by atoms with Crippen LogP contribution in [0.15, 0.2) is 11.6 Å². The van der Waals surface area contributed by atoms with Gasteiger partial charge in [-0.3, -0.25) is 4.90 Å².